The molecule has 70 heavy (non-hydrogen) atoms. The number of fused-ring (bicyclic) bond motifs is 1. The summed E-state index contributed by atoms with van der Waals surface area (Å²) in [6.45, 7) is 11.4. The molecular weight excluding hydrogens is 911 g/mol. The molecule has 4 amide bonds. The highest BCUT2D eigenvalue weighted by Crippen LogP contribution is 2.30. The second kappa shape index (κ2) is 21.1. The number of nitrogens with one attached hydrogen (secondary N) is 2. The van der Waals surface area contributed by atoms with Gasteiger partial charge in [0.1, 0.15) is 11.4 Å². The Hall–Kier alpha value is -6.73. The molecule has 5 heterocycles. The Kier molecular flexibility index (Phi) is 15.0. The van der Waals surface area contributed by atoms with Crippen molar-refractivity contribution in [3.8, 4) is 11.1 Å². The number of alkyl halides is 3. The molecule has 15 nitrogen and oxygen atoms in total. The molecule has 8 rings (SSSR count). The number of anilines is 1. The lowest BCUT2D eigenvalue weighted by Gasteiger charge is -2.40. The zero-order valence-electron chi connectivity index (χ0n) is 39.5. The summed E-state index contributed by atoms with van der Waals surface area (Å²) in [6, 6.07) is 19.0. The van der Waals surface area contributed by atoms with Gasteiger partial charge in [0.25, 0.3) is 17.4 Å². The first-order chi connectivity index (χ1) is 33.4. The van der Waals surface area contributed by atoms with Crippen LogP contribution in [0.1, 0.15) is 71.3 Å². The third-order valence-corrected chi connectivity index (χ3v) is 13.0. The number of aromatic amines is 1. The number of aromatic nitrogens is 3. The van der Waals surface area contributed by atoms with E-state index in [1.54, 1.807) is 65.8 Å². The molecule has 5 aromatic rings. The van der Waals surface area contributed by atoms with E-state index in [0.29, 0.717) is 78.3 Å². The fourth-order valence-electron chi connectivity index (χ4n) is 9.32. The van der Waals surface area contributed by atoms with Crippen molar-refractivity contribution >= 4 is 40.3 Å². The molecule has 0 aliphatic carbocycles. The number of likely N-dealkylation sites (tertiary alicyclic amines) is 1. The zero-order chi connectivity index (χ0) is 49.7. The number of piperazine rings is 2. The predicted octanol–water partition coefficient (Wildman–Crippen LogP) is 6.62. The third kappa shape index (κ3) is 12.5. The molecular formula is C51H57F4N9O6. The van der Waals surface area contributed by atoms with Gasteiger partial charge in [-0.15, -0.1) is 0 Å². The highest BCUT2D eigenvalue weighted by molar-refractivity contribution is 6.02. The van der Waals surface area contributed by atoms with Crippen LogP contribution in [0.15, 0.2) is 83.8 Å². The van der Waals surface area contributed by atoms with Crippen LogP contribution in [-0.2, 0) is 22.4 Å². The molecule has 0 radical (unpaired) electrons. The molecule has 19 heteroatoms. The zero-order valence-corrected chi connectivity index (χ0v) is 39.5. The average molecular weight is 968 g/mol. The molecule has 0 spiro atoms. The molecule has 3 saturated heterocycles. The number of H-pyrrole nitrogens is 1. The van der Waals surface area contributed by atoms with Crippen molar-refractivity contribution < 1.29 is 41.5 Å². The van der Waals surface area contributed by atoms with E-state index in [0.717, 1.165) is 32.5 Å². The summed E-state index contributed by atoms with van der Waals surface area (Å²) in [5.74, 6) is -1.14. The fourth-order valence-corrected chi connectivity index (χ4v) is 9.32. The summed E-state index contributed by atoms with van der Waals surface area (Å²) in [6.07, 6.45) is -3.07. The summed E-state index contributed by atoms with van der Waals surface area (Å²) in [5.41, 5.74) is 1.13. The number of rotatable bonds is 11. The van der Waals surface area contributed by atoms with Crippen LogP contribution < -0.4 is 10.9 Å². The van der Waals surface area contributed by atoms with Crippen LogP contribution in [0.4, 0.5) is 28.0 Å². The fraction of sp³-hybridized carbons (Fsp3) is 0.431. The third-order valence-electron chi connectivity index (χ3n) is 13.0. The summed E-state index contributed by atoms with van der Waals surface area (Å²) < 4.78 is 60.0. The Labute approximate surface area is 402 Å². The monoisotopic (exact) mass is 967 g/mol. The molecule has 370 valence electrons. The highest BCUT2D eigenvalue weighted by atomic mass is 19.4. The molecule has 3 fully saturated rings. The molecule has 0 unspecified atom stereocenters. The van der Waals surface area contributed by atoms with Crippen LogP contribution in [0.2, 0.25) is 0 Å². The number of benzene rings is 3. The topological polar surface area (TPSA) is 164 Å². The number of hydrogen-bond acceptors (Lipinski definition) is 10. The van der Waals surface area contributed by atoms with Gasteiger partial charge in [0.15, 0.2) is 5.69 Å². The van der Waals surface area contributed by atoms with Crippen molar-refractivity contribution in [3.63, 3.8) is 0 Å². The maximum absolute atomic E-state index is 15.1. The van der Waals surface area contributed by atoms with Crippen LogP contribution in [-0.4, -0.2) is 154 Å². The molecule has 2 N–H and O–H groups in total. The van der Waals surface area contributed by atoms with Crippen LogP contribution in [0.25, 0.3) is 21.9 Å². The van der Waals surface area contributed by atoms with E-state index >= 15 is 4.39 Å². The molecule has 3 aliphatic heterocycles. The molecule has 3 aliphatic rings. The van der Waals surface area contributed by atoms with Gasteiger partial charge in [-0.3, -0.25) is 29.4 Å². The van der Waals surface area contributed by atoms with Gasteiger partial charge in [0.05, 0.1) is 35.3 Å². The Morgan fingerprint density at radius 3 is 2.11 bits per heavy atom. The minimum atomic E-state index is -4.39. The summed E-state index contributed by atoms with van der Waals surface area (Å²) in [5, 5.41) is 10.6. The quantitative estimate of drug-likeness (QED) is 0.138. The van der Waals surface area contributed by atoms with E-state index in [9.17, 15) is 37.1 Å². The largest absolute Gasteiger partial charge is 0.444 e. The molecule has 0 atom stereocenters. The maximum atomic E-state index is 15.1. The summed E-state index contributed by atoms with van der Waals surface area (Å²) in [4.78, 5) is 80.1. The van der Waals surface area contributed by atoms with Gasteiger partial charge in [-0.05, 0) is 80.5 Å². The van der Waals surface area contributed by atoms with E-state index in [4.69, 9.17) is 4.74 Å². The number of piperidine rings is 1. The van der Waals surface area contributed by atoms with E-state index in [-0.39, 0.29) is 65.9 Å². The van der Waals surface area contributed by atoms with Gasteiger partial charge < -0.3 is 24.3 Å². The lowest BCUT2D eigenvalue weighted by molar-refractivity contribution is -0.134. The predicted molar refractivity (Wildman–Crippen MR) is 255 cm³/mol. The van der Waals surface area contributed by atoms with Crippen molar-refractivity contribution in [2.45, 2.75) is 58.2 Å². The van der Waals surface area contributed by atoms with Gasteiger partial charge in [-0.25, -0.2) is 19.3 Å². The van der Waals surface area contributed by atoms with E-state index in [2.05, 4.69) is 30.3 Å². The minimum Gasteiger partial charge on any atom is -0.444 e. The van der Waals surface area contributed by atoms with Crippen molar-refractivity contribution in [2.24, 2.45) is 5.92 Å². The normalized spacial score (nSPS) is 16.6. The van der Waals surface area contributed by atoms with Gasteiger partial charge >= 0.3 is 12.3 Å². The number of amides is 4. The number of carbonyl (C=O) groups excluding carboxylic acids is 4. The van der Waals surface area contributed by atoms with Crippen molar-refractivity contribution in [3.05, 3.63) is 123 Å². The first-order valence-electron chi connectivity index (χ1n) is 23.6. The smallest absolute Gasteiger partial charge is 0.412 e. The number of hydrogen-bond donors (Lipinski definition) is 2. The minimum absolute atomic E-state index is 0.00493. The molecule has 0 saturated carbocycles. The SMILES string of the molecule is CC(C)(C)OC(=O)Nc1cc(-c2cccc(CC(F)(F)F)c2)cnc1C(=O)N1CCC(CN2CCN(CC(=O)N3CCN(C(=O)c4cc(Cc5n[nH]c(=O)c6ccccc56)ccc4F)CC3)CC2)CC1. The Morgan fingerprint density at radius 1 is 0.743 bits per heavy atom. The van der Waals surface area contributed by atoms with Gasteiger partial charge in [0, 0.05) is 95.6 Å². The standard InChI is InChI=1S/C51H57F4N9O6/c1-50(2,3)70-49(69)57-43-28-37(36-8-6-7-35(25-36)29-51(53,54)55)30-56-45(43)48(68)63-15-13-33(14-16-63)31-60-17-19-61(20-18-60)32-44(65)62-21-23-64(24-22-62)47(67)40-26-34(11-12-41(40)52)27-42-38-9-4-5-10-39(38)46(66)59-58-42/h4-12,25-26,28,30,33H,13-24,27,29,31-32H2,1-3H3,(H,57,69)(H,59,66). The first kappa shape index (κ1) is 49.7. The number of ether oxygens (including phenoxy) is 1. The Morgan fingerprint density at radius 2 is 1.41 bits per heavy atom. The first-order valence-corrected chi connectivity index (χ1v) is 23.6. The van der Waals surface area contributed by atoms with Crippen molar-refractivity contribution in [1.82, 2.24) is 39.7 Å². The second-order valence-electron chi connectivity index (χ2n) is 19.3. The number of halogens is 4. The maximum Gasteiger partial charge on any atom is 0.412 e. The van der Waals surface area contributed by atoms with Crippen LogP contribution in [0, 0.1) is 11.7 Å². The lowest BCUT2D eigenvalue weighted by atomic mass is 9.95. The van der Waals surface area contributed by atoms with E-state index in [1.807, 2.05) is 6.07 Å². The van der Waals surface area contributed by atoms with E-state index < -0.39 is 36.0 Å². The second-order valence-corrected chi connectivity index (χ2v) is 19.3. The number of carbonyl (C=O) groups is 4. The average Bonchev–Trinajstić information content (AvgIpc) is 3.32. The van der Waals surface area contributed by atoms with Crippen LogP contribution in [0.5, 0.6) is 0 Å². The van der Waals surface area contributed by atoms with Gasteiger partial charge in [-0.1, -0.05) is 48.5 Å². The molecule has 0 bridgehead atoms. The van der Waals surface area contributed by atoms with Crippen molar-refractivity contribution in [1.29, 1.82) is 0 Å². The molecule has 3 aromatic carbocycles. The van der Waals surface area contributed by atoms with Gasteiger partial charge in [0.2, 0.25) is 5.91 Å². The van der Waals surface area contributed by atoms with Crippen LogP contribution >= 0.6 is 0 Å². The lowest BCUT2D eigenvalue weighted by Crippen LogP contribution is -2.55. The van der Waals surface area contributed by atoms with E-state index in [1.165, 1.54) is 42.6 Å². The van der Waals surface area contributed by atoms with Crippen molar-refractivity contribution in [2.75, 3.05) is 83.9 Å². The Balaban J connectivity index is 0.789. The summed E-state index contributed by atoms with van der Waals surface area (Å²) >= 11 is 0. The molecule has 2 aromatic heterocycles. The van der Waals surface area contributed by atoms with Crippen LogP contribution in [0.3, 0.4) is 0 Å². The van der Waals surface area contributed by atoms with Gasteiger partial charge in [-0.2, -0.15) is 18.3 Å². The summed E-state index contributed by atoms with van der Waals surface area (Å²) in [7, 11) is 0. The Bertz CT molecular complexity index is 2790. The highest BCUT2D eigenvalue weighted by Gasteiger charge is 2.32. The number of nitrogens with zero attached hydrogens (tertiary/aromatic N) is 7. The number of pyridine rings is 1.